The van der Waals surface area contributed by atoms with E-state index in [1.54, 1.807) is 0 Å². The second-order valence-electron chi connectivity index (χ2n) is 5.64. The van der Waals surface area contributed by atoms with Gasteiger partial charge in [-0.25, -0.2) is 0 Å². The van der Waals surface area contributed by atoms with E-state index in [0.717, 1.165) is 17.5 Å². The van der Waals surface area contributed by atoms with Crippen molar-refractivity contribution in [2.24, 2.45) is 5.92 Å². The number of hydrogen-bond acceptors (Lipinski definition) is 2. The van der Waals surface area contributed by atoms with Gasteiger partial charge in [0.1, 0.15) is 6.10 Å². The highest BCUT2D eigenvalue weighted by Gasteiger charge is 2.34. The van der Waals surface area contributed by atoms with E-state index in [1.165, 1.54) is 11.1 Å². The Morgan fingerprint density at radius 3 is 2.47 bits per heavy atom. The Morgan fingerprint density at radius 1 is 1.24 bits per heavy atom. The Balaban J connectivity index is 2.60. The largest absolute Gasteiger partial charge is 0.390 e. The zero-order valence-corrected chi connectivity index (χ0v) is 11.1. The number of aliphatic hydroxyl groups excluding tert-OH is 2. The number of fused-ring (bicyclic) bond motifs is 1. The summed E-state index contributed by atoms with van der Waals surface area (Å²) in [5, 5.41) is 20.2. The van der Waals surface area contributed by atoms with Gasteiger partial charge in [-0.3, -0.25) is 0 Å². The first-order valence-corrected chi connectivity index (χ1v) is 6.41. The van der Waals surface area contributed by atoms with E-state index in [4.69, 9.17) is 0 Å². The summed E-state index contributed by atoms with van der Waals surface area (Å²) >= 11 is 0. The molecule has 0 saturated heterocycles. The molecule has 17 heavy (non-hydrogen) atoms. The molecule has 0 bridgehead atoms. The summed E-state index contributed by atoms with van der Waals surface area (Å²) in [7, 11) is 0. The molecule has 0 radical (unpaired) electrons. The zero-order valence-electron chi connectivity index (χ0n) is 11.1. The van der Waals surface area contributed by atoms with E-state index in [0.29, 0.717) is 5.92 Å². The lowest BCUT2D eigenvalue weighted by Crippen LogP contribution is -2.34. The molecule has 1 aliphatic rings. The number of aryl methyl sites for hydroxylation is 1. The third kappa shape index (κ3) is 2.00. The number of hydrogen-bond donors (Lipinski definition) is 2. The standard InChI is InChI=1S/C15H22O2/c1-8(2)11-6-5-9(3)13-12(11)7-10(4)14(16)15(13)17/h5-6,8,10,14-17H,7H2,1-4H3. The fourth-order valence-corrected chi connectivity index (χ4v) is 2.90. The van der Waals surface area contributed by atoms with E-state index >= 15 is 0 Å². The maximum Gasteiger partial charge on any atom is 0.106 e. The van der Waals surface area contributed by atoms with Crippen molar-refractivity contribution < 1.29 is 10.2 Å². The van der Waals surface area contributed by atoms with Crippen LogP contribution in [0.2, 0.25) is 0 Å². The molecule has 3 atom stereocenters. The minimum absolute atomic E-state index is 0.122. The van der Waals surface area contributed by atoms with Gasteiger partial charge in [0.05, 0.1) is 6.10 Å². The van der Waals surface area contributed by atoms with Crippen molar-refractivity contribution in [3.8, 4) is 0 Å². The fraction of sp³-hybridized carbons (Fsp3) is 0.600. The second kappa shape index (κ2) is 4.43. The van der Waals surface area contributed by atoms with Crippen LogP contribution in [0.15, 0.2) is 12.1 Å². The molecule has 94 valence electrons. The second-order valence-corrected chi connectivity index (χ2v) is 5.64. The third-order valence-corrected chi connectivity index (χ3v) is 3.96. The highest BCUT2D eigenvalue weighted by Crippen LogP contribution is 2.39. The van der Waals surface area contributed by atoms with E-state index in [1.807, 2.05) is 13.8 Å². The smallest absolute Gasteiger partial charge is 0.106 e. The zero-order chi connectivity index (χ0) is 12.7. The molecule has 0 heterocycles. The summed E-state index contributed by atoms with van der Waals surface area (Å²) in [6, 6.07) is 4.22. The molecule has 0 fully saturated rings. The molecule has 0 amide bonds. The summed E-state index contributed by atoms with van der Waals surface area (Å²) in [4.78, 5) is 0. The maximum absolute atomic E-state index is 10.2. The molecule has 2 N–H and O–H groups in total. The van der Waals surface area contributed by atoms with Crippen molar-refractivity contribution in [1.29, 1.82) is 0 Å². The van der Waals surface area contributed by atoms with Gasteiger partial charge in [-0.2, -0.15) is 0 Å². The van der Waals surface area contributed by atoms with Gasteiger partial charge in [0, 0.05) is 0 Å². The summed E-state index contributed by atoms with van der Waals surface area (Å²) in [6.07, 6.45) is -0.501. The van der Waals surface area contributed by atoms with Gasteiger partial charge in [-0.1, -0.05) is 32.9 Å². The van der Waals surface area contributed by atoms with Crippen LogP contribution in [0.25, 0.3) is 0 Å². The number of rotatable bonds is 1. The molecule has 1 aromatic rings. The Hall–Kier alpha value is -0.860. The van der Waals surface area contributed by atoms with Crippen molar-refractivity contribution in [3.63, 3.8) is 0 Å². The van der Waals surface area contributed by atoms with Gasteiger partial charge in [0.15, 0.2) is 0 Å². The summed E-state index contributed by atoms with van der Waals surface area (Å²) in [6.45, 7) is 8.36. The average molecular weight is 234 g/mol. The van der Waals surface area contributed by atoms with Gasteiger partial charge in [0.2, 0.25) is 0 Å². The quantitative estimate of drug-likeness (QED) is 0.784. The monoisotopic (exact) mass is 234 g/mol. The van der Waals surface area contributed by atoms with E-state index < -0.39 is 12.2 Å². The van der Waals surface area contributed by atoms with E-state index in [2.05, 4.69) is 26.0 Å². The molecule has 2 heteroatoms. The fourth-order valence-electron chi connectivity index (χ4n) is 2.90. The number of benzene rings is 1. The lowest BCUT2D eigenvalue weighted by molar-refractivity contribution is -0.0230. The lowest BCUT2D eigenvalue weighted by atomic mass is 9.75. The van der Waals surface area contributed by atoms with Crippen LogP contribution in [0.1, 0.15) is 55.0 Å². The van der Waals surface area contributed by atoms with Crippen molar-refractivity contribution >= 4 is 0 Å². The molecule has 0 saturated carbocycles. The first kappa shape index (κ1) is 12.6. The molecule has 0 aromatic heterocycles. The normalized spacial score (nSPS) is 28.3. The molecule has 0 spiro atoms. The molecule has 0 aliphatic heterocycles. The van der Waals surface area contributed by atoms with Crippen LogP contribution in [0.4, 0.5) is 0 Å². The van der Waals surface area contributed by atoms with Crippen LogP contribution < -0.4 is 0 Å². The lowest BCUT2D eigenvalue weighted by Gasteiger charge is -2.35. The van der Waals surface area contributed by atoms with Crippen LogP contribution in [0.5, 0.6) is 0 Å². The number of aliphatic hydroxyl groups is 2. The van der Waals surface area contributed by atoms with E-state index in [9.17, 15) is 10.2 Å². The molecular formula is C15H22O2. The first-order valence-electron chi connectivity index (χ1n) is 6.41. The van der Waals surface area contributed by atoms with Crippen LogP contribution in [0.3, 0.4) is 0 Å². The summed E-state index contributed by atoms with van der Waals surface area (Å²) in [5.41, 5.74) is 4.61. The third-order valence-electron chi connectivity index (χ3n) is 3.96. The predicted molar refractivity (Wildman–Crippen MR) is 69.1 cm³/mol. The molecule has 2 rings (SSSR count). The van der Waals surface area contributed by atoms with Crippen molar-refractivity contribution in [2.75, 3.05) is 0 Å². The van der Waals surface area contributed by atoms with Gasteiger partial charge >= 0.3 is 0 Å². The van der Waals surface area contributed by atoms with Gasteiger partial charge in [-0.15, -0.1) is 0 Å². The van der Waals surface area contributed by atoms with Crippen molar-refractivity contribution in [2.45, 2.75) is 52.2 Å². The SMILES string of the molecule is Cc1ccc(C(C)C)c2c1C(O)C(O)C(C)C2. The molecule has 2 nitrogen and oxygen atoms in total. The van der Waals surface area contributed by atoms with Crippen LogP contribution >= 0.6 is 0 Å². The van der Waals surface area contributed by atoms with Crippen molar-refractivity contribution in [1.82, 2.24) is 0 Å². The Bertz CT molecular complexity index is 423. The molecule has 3 unspecified atom stereocenters. The summed E-state index contributed by atoms with van der Waals surface area (Å²) < 4.78 is 0. The molecule has 1 aliphatic carbocycles. The van der Waals surface area contributed by atoms with E-state index in [-0.39, 0.29) is 5.92 Å². The highest BCUT2D eigenvalue weighted by atomic mass is 16.3. The highest BCUT2D eigenvalue weighted by molar-refractivity contribution is 5.45. The minimum atomic E-state index is -0.729. The first-order chi connectivity index (χ1) is 7.93. The Morgan fingerprint density at radius 2 is 1.88 bits per heavy atom. The van der Waals surface area contributed by atoms with Gasteiger partial charge < -0.3 is 10.2 Å². The van der Waals surface area contributed by atoms with Crippen molar-refractivity contribution in [3.05, 3.63) is 34.4 Å². The molecular weight excluding hydrogens is 212 g/mol. The predicted octanol–water partition coefficient (Wildman–Crippen LogP) is 2.70. The van der Waals surface area contributed by atoms with Gasteiger partial charge in [0.25, 0.3) is 0 Å². The Labute approximate surface area is 103 Å². The minimum Gasteiger partial charge on any atom is -0.390 e. The van der Waals surface area contributed by atoms with Crippen LogP contribution in [0, 0.1) is 12.8 Å². The topological polar surface area (TPSA) is 40.5 Å². The van der Waals surface area contributed by atoms with Crippen LogP contribution in [-0.4, -0.2) is 16.3 Å². The van der Waals surface area contributed by atoms with Crippen LogP contribution in [-0.2, 0) is 6.42 Å². The van der Waals surface area contributed by atoms with Gasteiger partial charge in [-0.05, 0) is 47.4 Å². The Kier molecular flexibility index (Phi) is 3.28. The summed E-state index contributed by atoms with van der Waals surface area (Å²) in [5.74, 6) is 0.579. The maximum atomic E-state index is 10.2. The molecule has 1 aromatic carbocycles. The average Bonchev–Trinajstić information content (AvgIpc) is 2.25.